The lowest BCUT2D eigenvalue weighted by atomic mass is 10.2. The van der Waals surface area contributed by atoms with E-state index in [1.807, 2.05) is 20.9 Å². The van der Waals surface area contributed by atoms with Gasteiger partial charge in [0, 0.05) is 20.6 Å². The van der Waals surface area contributed by atoms with Gasteiger partial charge in [-0.25, -0.2) is 9.97 Å². The van der Waals surface area contributed by atoms with Crippen LogP contribution in [0.25, 0.3) is 0 Å². The van der Waals surface area contributed by atoms with Gasteiger partial charge >= 0.3 is 0 Å². The van der Waals surface area contributed by atoms with Crippen LogP contribution in [0.4, 0.5) is 5.82 Å². The predicted octanol–water partition coefficient (Wildman–Crippen LogP) is 2.17. The monoisotopic (exact) mass is 273 g/mol. The molecule has 0 spiro atoms. The molecule has 0 saturated heterocycles. The molecule has 15 heavy (non-hydrogen) atoms. The summed E-state index contributed by atoms with van der Waals surface area (Å²) in [5.41, 5.74) is 0.938. The molecule has 1 N–H and O–H groups in total. The molecule has 5 heteroatoms. The third-order valence-corrected chi connectivity index (χ3v) is 3.12. The van der Waals surface area contributed by atoms with Crippen LogP contribution in [0.3, 0.4) is 0 Å². The van der Waals surface area contributed by atoms with Crippen molar-refractivity contribution >= 4 is 21.7 Å². The minimum absolute atomic E-state index is 0.135. The first kappa shape index (κ1) is 12.4. The summed E-state index contributed by atoms with van der Waals surface area (Å²) < 4.78 is 6.10. The van der Waals surface area contributed by atoms with Crippen molar-refractivity contribution in [3.8, 4) is 0 Å². The van der Waals surface area contributed by atoms with E-state index >= 15 is 0 Å². The Balaban J connectivity index is 2.95. The number of hydrogen-bond acceptors (Lipinski definition) is 4. The Kier molecular flexibility index (Phi) is 4.47. The van der Waals surface area contributed by atoms with Crippen molar-refractivity contribution in [2.45, 2.75) is 26.4 Å². The number of aromatic nitrogens is 2. The summed E-state index contributed by atoms with van der Waals surface area (Å²) in [6.07, 6.45) is 0.856. The largest absolute Gasteiger partial charge is 0.381 e. The van der Waals surface area contributed by atoms with Gasteiger partial charge in [0.25, 0.3) is 0 Å². The van der Waals surface area contributed by atoms with Crippen molar-refractivity contribution in [1.82, 2.24) is 9.97 Å². The number of hydrogen-bond donors (Lipinski definition) is 1. The molecule has 0 aromatic carbocycles. The zero-order chi connectivity index (χ0) is 11.4. The highest BCUT2D eigenvalue weighted by molar-refractivity contribution is 9.10. The maximum absolute atomic E-state index is 5.19. The molecule has 4 nitrogen and oxygen atoms in total. The molecule has 0 aliphatic rings. The standard InChI is InChI=1S/C10H16BrN3O/c1-6(15-4)5-8-13-7(2)9(11)10(12-3)14-8/h6H,5H2,1-4H3,(H,12,13,14). The zero-order valence-electron chi connectivity index (χ0n) is 9.47. The number of nitrogens with zero attached hydrogens (tertiary/aromatic N) is 2. The quantitative estimate of drug-likeness (QED) is 0.914. The lowest BCUT2D eigenvalue weighted by Crippen LogP contribution is -2.13. The maximum Gasteiger partial charge on any atom is 0.144 e. The Morgan fingerprint density at radius 3 is 2.67 bits per heavy atom. The molecule has 0 aliphatic heterocycles. The second kappa shape index (κ2) is 5.42. The van der Waals surface area contributed by atoms with Crippen LogP contribution >= 0.6 is 15.9 Å². The van der Waals surface area contributed by atoms with Crippen LogP contribution in [0.15, 0.2) is 4.47 Å². The van der Waals surface area contributed by atoms with Gasteiger partial charge in [-0.1, -0.05) is 0 Å². The van der Waals surface area contributed by atoms with E-state index in [1.54, 1.807) is 7.11 Å². The normalized spacial score (nSPS) is 12.6. The van der Waals surface area contributed by atoms with E-state index in [-0.39, 0.29) is 6.10 Å². The van der Waals surface area contributed by atoms with Crippen molar-refractivity contribution < 1.29 is 4.74 Å². The van der Waals surface area contributed by atoms with Crippen LogP contribution in [0.1, 0.15) is 18.4 Å². The van der Waals surface area contributed by atoms with Crippen molar-refractivity contribution in [1.29, 1.82) is 0 Å². The summed E-state index contributed by atoms with van der Waals surface area (Å²) in [4.78, 5) is 8.78. The summed E-state index contributed by atoms with van der Waals surface area (Å²) in [5.74, 6) is 1.62. The maximum atomic E-state index is 5.19. The van der Waals surface area contributed by atoms with Crippen molar-refractivity contribution in [3.05, 3.63) is 16.0 Å². The zero-order valence-corrected chi connectivity index (χ0v) is 11.1. The fourth-order valence-corrected chi connectivity index (χ4v) is 1.59. The molecule has 0 aliphatic carbocycles. The van der Waals surface area contributed by atoms with Gasteiger partial charge in [-0.15, -0.1) is 0 Å². The average molecular weight is 274 g/mol. The summed E-state index contributed by atoms with van der Waals surface area (Å²) in [5, 5.41) is 3.03. The third-order valence-electron chi connectivity index (χ3n) is 2.17. The predicted molar refractivity (Wildman–Crippen MR) is 64.2 cm³/mol. The SMILES string of the molecule is CNc1nc(CC(C)OC)nc(C)c1Br. The van der Waals surface area contributed by atoms with E-state index < -0.39 is 0 Å². The molecule has 84 valence electrons. The Hall–Kier alpha value is -0.680. The average Bonchev–Trinajstić information content (AvgIpc) is 2.22. The van der Waals surface area contributed by atoms with Crippen LogP contribution in [-0.2, 0) is 11.2 Å². The van der Waals surface area contributed by atoms with Crippen molar-refractivity contribution in [2.24, 2.45) is 0 Å². The molecular formula is C10H16BrN3O. The van der Waals surface area contributed by atoms with Crippen LogP contribution in [0.5, 0.6) is 0 Å². The van der Waals surface area contributed by atoms with Gasteiger partial charge in [0.05, 0.1) is 16.3 Å². The van der Waals surface area contributed by atoms with E-state index in [4.69, 9.17) is 4.74 Å². The van der Waals surface area contributed by atoms with Crippen molar-refractivity contribution in [3.63, 3.8) is 0 Å². The van der Waals surface area contributed by atoms with Crippen LogP contribution in [0.2, 0.25) is 0 Å². The second-order valence-corrected chi connectivity index (χ2v) is 4.18. The lowest BCUT2D eigenvalue weighted by Gasteiger charge is -2.11. The Labute approximate surface area is 98.6 Å². The van der Waals surface area contributed by atoms with Gasteiger partial charge in [-0.2, -0.15) is 0 Å². The van der Waals surface area contributed by atoms with E-state index in [1.165, 1.54) is 0 Å². The third kappa shape index (κ3) is 3.14. The number of halogens is 1. The van der Waals surface area contributed by atoms with Gasteiger partial charge in [0.1, 0.15) is 11.6 Å². The first-order valence-corrected chi connectivity index (χ1v) is 5.61. The number of ether oxygens (including phenoxy) is 1. The lowest BCUT2D eigenvalue weighted by molar-refractivity contribution is 0.117. The molecule has 0 radical (unpaired) electrons. The smallest absolute Gasteiger partial charge is 0.144 e. The van der Waals surface area contributed by atoms with E-state index in [2.05, 4.69) is 31.2 Å². The molecule has 0 fully saturated rings. The first-order chi connectivity index (χ1) is 7.08. The number of methoxy groups -OCH3 is 1. The van der Waals surface area contributed by atoms with Gasteiger partial charge in [0.2, 0.25) is 0 Å². The van der Waals surface area contributed by atoms with E-state index in [0.29, 0.717) is 0 Å². The molecule has 1 aromatic rings. The fourth-order valence-electron chi connectivity index (χ4n) is 1.21. The van der Waals surface area contributed by atoms with E-state index in [0.717, 1.165) is 28.2 Å². The van der Waals surface area contributed by atoms with Crippen LogP contribution < -0.4 is 5.32 Å². The second-order valence-electron chi connectivity index (χ2n) is 3.39. The van der Waals surface area contributed by atoms with Gasteiger partial charge in [-0.05, 0) is 29.8 Å². The number of nitrogens with one attached hydrogen (secondary N) is 1. The summed E-state index contributed by atoms with van der Waals surface area (Å²) >= 11 is 3.44. The first-order valence-electron chi connectivity index (χ1n) is 4.82. The Morgan fingerprint density at radius 2 is 2.13 bits per heavy atom. The Morgan fingerprint density at radius 1 is 1.47 bits per heavy atom. The Bertz CT molecular complexity index is 344. The van der Waals surface area contributed by atoms with Crippen LogP contribution in [0, 0.1) is 6.92 Å². The highest BCUT2D eigenvalue weighted by Crippen LogP contribution is 2.22. The minimum Gasteiger partial charge on any atom is -0.381 e. The summed E-state index contributed by atoms with van der Waals surface area (Å²) in [6, 6.07) is 0. The molecule has 1 aromatic heterocycles. The van der Waals surface area contributed by atoms with Crippen LogP contribution in [-0.4, -0.2) is 30.2 Å². The topological polar surface area (TPSA) is 47.0 Å². The molecule has 1 unspecified atom stereocenters. The molecule has 1 heterocycles. The number of aryl methyl sites for hydroxylation is 1. The minimum atomic E-state index is 0.135. The summed E-state index contributed by atoms with van der Waals surface area (Å²) in [6.45, 7) is 3.95. The number of anilines is 1. The van der Waals surface area contributed by atoms with Crippen molar-refractivity contribution in [2.75, 3.05) is 19.5 Å². The van der Waals surface area contributed by atoms with Gasteiger partial charge in [-0.3, -0.25) is 0 Å². The molecule has 0 amide bonds. The molecular weight excluding hydrogens is 258 g/mol. The van der Waals surface area contributed by atoms with Gasteiger partial charge < -0.3 is 10.1 Å². The summed E-state index contributed by atoms with van der Waals surface area (Å²) in [7, 11) is 3.53. The molecule has 0 bridgehead atoms. The fraction of sp³-hybridized carbons (Fsp3) is 0.600. The number of rotatable bonds is 4. The highest BCUT2D eigenvalue weighted by Gasteiger charge is 2.10. The molecule has 1 rings (SSSR count). The van der Waals surface area contributed by atoms with Gasteiger partial charge in [0.15, 0.2) is 0 Å². The molecule has 0 saturated carbocycles. The van der Waals surface area contributed by atoms with E-state index in [9.17, 15) is 0 Å². The molecule has 1 atom stereocenters. The highest BCUT2D eigenvalue weighted by atomic mass is 79.9.